The summed E-state index contributed by atoms with van der Waals surface area (Å²) in [5.74, 6) is 0.623. The molecule has 1 saturated heterocycles. The minimum absolute atomic E-state index is 0.147. The van der Waals surface area contributed by atoms with Gasteiger partial charge in [-0.3, -0.25) is 4.90 Å². The highest BCUT2D eigenvalue weighted by Gasteiger charge is 2.30. The van der Waals surface area contributed by atoms with E-state index in [0.717, 1.165) is 13.0 Å². The van der Waals surface area contributed by atoms with E-state index in [0.29, 0.717) is 24.1 Å². The highest BCUT2D eigenvalue weighted by molar-refractivity contribution is 7.91. The largest absolute Gasteiger partial charge is 0.312 e. The van der Waals surface area contributed by atoms with Crippen molar-refractivity contribution in [1.29, 1.82) is 0 Å². The summed E-state index contributed by atoms with van der Waals surface area (Å²) in [6.07, 6.45) is 1.06. The van der Waals surface area contributed by atoms with Crippen LogP contribution in [0.15, 0.2) is 0 Å². The van der Waals surface area contributed by atoms with Crippen LogP contribution in [0.25, 0.3) is 0 Å². The Morgan fingerprint density at radius 2 is 2.00 bits per heavy atom. The van der Waals surface area contributed by atoms with Gasteiger partial charge in [0.05, 0.1) is 11.5 Å². The van der Waals surface area contributed by atoms with Crippen molar-refractivity contribution >= 4 is 9.84 Å². The quantitative estimate of drug-likeness (QED) is 0.840. The van der Waals surface area contributed by atoms with Gasteiger partial charge in [-0.15, -0.1) is 0 Å². The molecule has 1 rings (SSSR count). The minimum Gasteiger partial charge on any atom is -0.312 e. The first-order valence-corrected chi connectivity index (χ1v) is 8.64. The molecule has 0 aromatic carbocycles. The molecular formula is C13H28N2O2S. The van der Waals surface area contributed by atoms with E-state index in [2.05, 4.69) is 37.9 Å². The van der Waals surface area contributed by atoms with Gasteiger partial charge < -0.3 is 5.32 Å². The average Bonchev–Trinajstić information content (AvgIpc) is 2.13. The van der Waals surface area contributed by atoms with Gasteiger partial charge in [0, 0.05) is 24.2 Å². The van der Waals surface area contributed by atoms with Crippen LogP contribution in [0, 0.1) is 0 Å². The minimum atomic E-state index is -2.80. The Morgan fingerprint density at radius 1 is 1.39 bits per heavy atom. The zero-order chi connectivity index (χ0) is 14.0. The van der Waals surface area contributed by atoms with Gasteiger partial charge in [0.2, 0.25) is 0 Å². The van der Waals surface area contributed by atoms with Crippen LogP contribution in [0.3, 0.4) is 0 Å². The third-order valence-electron chi connectivity index (χ3n) is 3.51. The number of rotatable bonds is 4. The second-order valence-corrected chi connectivity index (χ2v) is 8.74. The van der Waals surface area contributed by atoms with Gasteiger partial charge >= 0.3 is 0 Å². The number of nitrogens with zero attached hydrogens (tertiary/aromatic N) is 1. The van der Waals surface area contributed by atoms with Gasteiger partial charge in [-0.25, -0.2) is 8.42 Å². The predicted molar refractivity (Wildman–Crippen MR) is 76.7 cm³/mol. The van der Waals surface area contributed by atoms with Crippen LogP contribution in [0.4, 0.5) is 0 Å². The molecule has 0 radical (unpaired) electrons. The molecule has 1 heterocycles. The Kier molecular flexibility index (Phi) is 5.21. The lowest BCUT2D eigenvalue weighted by Gasteiger charge is -2.38. The fourth-order valence-corrected chi connectivity index (χ4v) is 4.07. The van der Waals surface area contributed by atoms with Gasteiger partial charge in [0.1, 0.15) is 0 Å². The SMILES string of the molecule is CC(CCNC(C)(C)C)N1CCS(=O)(=O)CC1C. The molecule has 1 aliphatic heterocycles. The summed E-state index contributed by atoms with van der Waals surface area (Å²) in [5, 5.41) is 3.48. The number of hydrogen-bond donors (Lipinski definition) is 1. The Labute approximate surface area is 112 Å². The maximum absolute atomic E-state index is 11.5. The maximum atomic E-state index is 11.5. The van der Waals surface area contributed by atoms with Crippen LogP contribution < -0.4 is 5.32 Å². The molecule has 18 heavy (non-hydrogen) atoms. The van der Waals surface area contributed by atoms with Crippen LogP contribution in [0.2, 0.25) is 0 Å². The van der Waals surface area contributed by atoms with E-state index >= 15 is 0 Å². The Morgan fingerprint density at radius 3 is 2.50 bits per heavy atom. The lowest BCUT2D eigenvalue weighted by molar-refractivity contribution is 0.158. The van der Waals surface area contributed by atoms with Crippen molar-refractivity contribution in [2.45, 2.75) is 58.7 Å². The van der Waals surface area contributed by atoms with E-state index in [-0.39, 0.29) is 11.6 Å². The van der Waals surface area contributed by atoms with Crippen molar-refractivity contribution in [2.24, 2.45) is 0 Å². The van der Waals surface area contributed by atoms with Crippen LogP contribution in [-0.4, -0.2) is 55.5 Å². The third kappa shape index (κ3) is 5.24. The van der Waals surface area contributed by atoms with Crippen LogP contribution in [0.5, 0.6) is 0 Å². The summed E-state index contributed by atoms with van der Waals surface area (Å²) in [4.78, 5) is 2.32. The molecule has 0 bridgehead atoms. The van der Waals surface area contributed by atoms with E-state index < -0.39 is 9.84 Å². The van der Waals surface area contributed by atoms with Crippen molar-refractivity contribution in [3.8, 4) is 0 Å². The van der Waals surface area contributed by atoms with E-state index in [9.17, 15) is 8.42 Å². The summed E-state index contributed by atoms with van der Waals surface area (Å²) in [6.45, 7) is 12.3. The van der Waals surface area contributed by atoms with E-state index in [1.165, 1.54) is 0 Å². The summed E-state index contributed by atoms with van der Waals surface area (Å²) < 4.78 is 23.1. The van der Waals surface area contributed by atoms with Crippen molar-refractivity contribution in [1.82, 2.24) is 10.2 Å². The Hall–Kier alpha value is -0.130. The molecular weight excluding hydrogens is 248 g/mol. The van der Waals surface area contributed by atoms with E-state index in [4.69, 9.17) is 0 Å². The molecule has 0 spiro atoms. The first-order chi connectivity index (χ1) is 8.11. The van der Waals surface area contributed by atoms with E-state index in [1.54, 1.807) is 0 Å². The zero-order valence-corrected chi connectivity index (χ0v) is 13.2. The van der Waals surface area contributed by atoms with Gasteiger partial charge in [-0.05, 0) is 47.6 Å². The average molecular weight is 276 g/mol. The molecule has 0 aliphatic carbocycles. The van der Waals surface area contributed by atoms with Crippen molar-refractivity contribution in [2.75, 3.05) is 24.6 Å². The number of hydrogen-bond acceptors (Lipinski definition) is 4. The highest BCUT2D eigenvalue weighted by Crippen LogP contribution is 2.16. The zero-order valence-electron chi connectivity index (χ0n) is 12.4. The number of nitrogens with one attached hydrogen (secondary N) is 1. The van der Waals surface area contributed by atoms with Crippen molar-refractivity contribution in [3.63, 3.8) is 0 Å². The molecule has 0 amide bonds. The summed E-state index contributed by atoms with van der Waals surface area (Å²) in [5.41, 5.74) is 0.149. The first-order valence-electron chi connectivity index (χ1n) is 6.82. The fraction of sp³-hybridized carbons (Fsp3) is 1.00. The third-order valence-corrected chi connectivity index (χ3v) is 5.30. The molecule has 2 atom stereocenters. The maximum Gasteiger partial charge on any atom is 0.153 e. The predicted octanol–water partition coefficient (Wildman–Crippen LogP) is 1.27. The molecule has 0 saturated carbocycles. The lowest BCUT2D eigenvalue weighted by Crippen LogP contribution is -2.51. The molecule has 1 N–H and O–H groups in total. The monoisotopic (exact) mass is 276 g/mol. The molecule has 1 fully saturated rings. The molecule has 0 aromatic heterocycles. The summed E-state index contributed by atoms with van der Waals surface area (Å²) >= 11 is 0. The Bertz CT molecular complexity index is 360. The molecule has 4 nitrogen and oxygen atoms in total. The van der Waals surface area contributed by atoms with Crippen molar-refractivity contribution in [3.05, 3.63) is 0 Å². The number of sulfone groups is 1. The van der Waals surface area contributed by atoms with Crippen LogP contribution >= 0.6 is 0 Å². The van der Waals surface area contributed by atoms with Gasteiger partial charge in [0.25, 0.3) is 0 Å². The van der Waals surface area contributed by atoms with E-state index in [1.807, 2.05) is 6.92 Å². The standard InChI is InChI=1S/C13H28N2O2S/c1-11(6-7-14-13(3,4)5)15-8-9-18(16,17)10-12(15)2/h11-12,14H,6-10H2,1-5H3. The lowest BCUT2D eigenvalue weighted by atomic mass is 10.1. The normalized spacial score (nSPS) is 27.1. The first kappa shape index (κ1) is 15.9. The fourth-order valence-electron chi connectivity index (χ4n) is 2.49. The van der Waals surface area contributed by atoms with Gasteiger partial charge in [-0.1, -0.05) is 0 Å². The van der Waals surface area contributed by atoms with Gasteiger partial charge in [0.15, 0.2) is 9.84 Å². The Balaban J connectivity index is 2.41. The van der Waals surface area contributed by atoms with Gasteiger partial charge in [-0.2, -0.15) is 0 Å². The molecule has 1 aliphatic rings. The van der Waals surface area contributed by atoms with Crippen LogP contribution in [-0.2, 0) is 9.84 Å². The smallest absolute Gasteiger partial charge is 0.153 e. The summed E-state index contributed by atoms with van der Waals surface area (Å²) in [6, 6.07) is 0.582. The second kappa shape index (κ2) is 5.88. The molecule has 2 unspecified atom stereocenters. The molecule has 0 aromatic rings. The topological polar surface area (TPSA) is 49.4 Å². The van der Waals surface area contributed by atoms with Crippen molar-refractivity contribution < 1.29 is 8.42 Å². The van der Waals surface area contributed by atoms with Crippen LogP contribution in [0.1, 0.15) is 41.0 Å². The summed E-state index contributed by atoms with van der Waals surface area (Å²) in [7, 11) is -2.80. The highest BCUT2D eigenvalue weighted by atomic mass is 32.2. The molecule has 5 heteroatoms. The second-order valence-electron chi connectivity index (χ2n) is 6.52. The molecule has 108 valence electrons.